The van der Waals surface area contributed by atoms with E-state index < -0.39 is 5.97 Å². The van der Waals surface area contributed by atoms with Gasteiger partial charge in [0.2, 0.25) is 0 Å². The molecule has 0 bridgehead atoms. The normalized spacial score (nSPS) is 10.1. The van der Waals surface area contributed by atoms with Crippen LogP contribution in [0.2, 0.25) is 0 Å². The lowest BCUT2D eigenvalue weighted by Gasteiger charge is -2.12. The van der Waals surface area contributed by atoms with E-state index in [0.717, 1.165) is 0 Å². The van der Waals surface area contributed by atoms with Gasteiger partial charge >= 0.3 is 12.0 Å². The number of urea groups is 1. The number of nitrogens with one attached hydrogen (secondary N) is 2. The van der Waals surface area contributed by atoms with E-state index in [1.807, 2.05) is 29.1 Å². The van der Waals surface area contributed by atoms with Crippen molar-refractivity contribution in [2.75, 3.05) is 19.0 Å². The van der Waals surface area contributed by atoms with E-state index in [0.29, 0.717) is 29.9 Å². The molecule has 6 nitrogen and oxygen atoms in total. The number of nitrogens with zero attached hydrogens (tertiary/aromatic N) is 1. The highest BCUT2D eigenvalue weighted by Crippen LogP contribution is 2.19. The average Bonchev–Trinajstić information content (AvgIpc) is 3.02. The molecule has 0 fully saturated rings. The molecule has 2 rings (SSSR count). The van der Waals surface area contributed by atoms with Gasteiger partial charge in [0.15, 0.2) is 0 Å². The molecule has 2 amide bonds. The maximum absolute atomic E-state index is 11.9. The first kappa shape index (κ1) is 15.6. The minimum Gasteiger partial charge on any atom is -0.465 e. The quantitative estimate of drug-likeness (QED) is 0.833. The van der Waals surface area contributed by atoms with Crippen LogP contribution in [-0.2, 0) is 11.3 Å². The molecular formula is C16H19N3O3. The minimum absolute atomic E-state index is 0.308. The lowest BCUT2D eigenvalue weighted by atomic mass is 10.1. The van der Waals surface area contributed by atoms with Crippen LogP contribution in [0.1, 0.15) is 15.9 Å². The zero-order chi connectivity index (χ0) is 15.9. The fourth-order valence-corrected chi connectivity index (χ4v) is 2.09. The summed E-state index contributed by atoms with van der Waals surface area (Å²) in [6, 6.07) is 8.67. The molecule has 116 valence electrons. The Morgan fingerprint density at radius 1 is 1.18 bits per heavy atom. The molecule has 0 saturated heterocycles. The van der Waals surface area contributed by atoms with Crippen LogP contribution >= 0.6 is 0 Å². The van der Waals surface area contributed by atoms with Crippen molar-refractivity contribution in [1.29, 1.82) is 0 Å². The maximum Gasteiger partial charge on any atom is 0.338 e. The van der Waals surface area contributed by atoms with Crippen LogP contribution in [0.3, 0.4) is 0 Å². The molecule has 1 aromatic carbocycles. The molecule has 0 radical (unpaired) electrons. The summed E-state index contributed by atoms with van der Waals surface area (Å²) in [7, 11) is 1.33. The molecule has 2 N–H and O–H groups in total. The van der Waals surface area contributed by atoms with E-state index in [4.69, 9.17) is 4.74 Å². The predicted octanol–water partition coefficient (Wildman–Crippen LogP) is 2.40. The van der Waals surface area contributed by atoms with Crippen molar-refractivity contribution in [1.82, 2.24) is 9.88 Å². The Bertz CT molecular complexity index is 651. The summed E-state index contributed by atoms with van der Waals surface area (Å²) in [5, 5.41) is 5.51. The highest BCUT2D eigenvalue weighted by molar-refractivity contribution is 5.96. The predicted molar refractivity (Wildman–Crippen MR) is 84.0 cm³/mol. The van der Waals surface area contributed by atoms with Gasteiger partial charge < -0.3 is 19.9 Å². The van der Waals surface area contributed by atoms with E-state index in [9.17, 15) is 9.59 Å². The van der Waals surface area contributed by atoms with E-state index in [2.05, 4.69) is 10.6 Å². The molecule has 22 heavy (non-hydrogen) atoms. The lowest BCUT2D eigenvalue weighted by Crippen LogP contribution is -2.31. The largest absolute Gasteiger partial charge is 0.465 e. The van der Waals surface area contributed by atoms with Gasteiger partial charge in [0.1, 0.15) is 0 Å². The van der Waals surface area contributed by atoms with Gasteiger partial charge in [-0.05, 0) is 36.8 Å². The van der Waals surface area contributed by atoms with Crippen molar-refractivity contribution in [3.8, 4) is 0 Å². The molecule has 0 aliphatic rings. The van der Waals surface area contributed by atoms with E-state index in [1.54, 1.807) is 25.1 Å². The molecule has 2 aromatic rings. The van der Waals surface area contributed by atoms with Crippen LogP contribution in [0.15, 0.2) is 42.7 Å². The number of ether oxygens (including phenoxy) is 1. The van der Waals surface area contributed by atoms with Gasteiger partial charge in [-0.15, -0.1) is 0 Å². The third kappa shape index (κ3) is 3.88. The van der Waals surface area contributed by atoms with Crippen molar-refractivity contribution >= 4 is 17.7 Å². The second-order valence-corrected chi connectivity index (χ2v) is 4.77. The second-order valence-electron chi connectivity index (χ2n) is 4.77. The summed E-state index contributed by atoms with van der Waals surface area (Å²) in [5.74, 6) is -0.422. The van der Waals surface area contributed by atoms with Crippen LogP contribution in [0, 0.1) is 6.92 Å². The SMILES string of the molecule is COC(=O)c1cccc(NC(=O)NCCn2cccc2)c1C. The van der Waals surface area contributed by atoms with Crippen LogP contribution in [0.25, 0.3) is 0 Å². The van der Waals surface area contributed by atoms with Gasteiger partial charge in [0, 0.05) is 31.2 Å². The van der Waals surface area contributed by atoms with Gasteiger partial charge in [0.25, 0.3) is 0 Å². The third-order valence-electron chi connectivity index (χ3n) is 3.31. The number of anilines is 1. The lowest BCUT2D eigenvalue weighted by molar-refractivity contribution is 0.0600. The average molecular weight is 301 g/mol. The number of aromatic nitrogens is 1. The number of esters is 1. The molecule has 0 aliphatic carbocycles. The number of benzene rings is 1. The molecule has 0 aliphatic heterocycles. The summed E-state index contributed by atoms with van der Waals surface area (Å²) in [5.41, 5.74) is 1.70. The molecule has 0 spiro atoms. The van der Waals surface area contributed by atoms with Gasteiger partial charge in [-0.2, -0.15) is 0 Å². The van der Waals surface area contributed by atoms with Crippen molar-refractivity contribution in [3.63, 3.8) is 0 Å². The summed E-state index contributed by atoms with van der Waals surface area (Å²) < 4.78 is 6.69. The minimum atomic E-state index is -0.422. The van der Waals surface area contributed by atoms with Gasteiger partial charge in [-0.25, -0.2) is 9.59 Å². The monoisotopic (exact) mass is 301 g/mol. The van der Waals surface area contributed by atoms with Gasteiger partial charge in [-0.3, -0.25) is 0 Å². The number of carbonyl (C=O) groups excluding carboxylic acids is 2. The molecule has 0 unspecified atom stereocenters. The highest BCUT2D eigenvalue weighted by Gasteiger charge is 2.13. The topological polar surface area (TPSA) is 72.4 Å². The summed E-state index contributed by atoms with van der Waals surface area (Å²) in [6.07, 6.45) is 3.87. The Morgan fingerprint density at radius 3 is 2.59 bits per heavy atom. The van der Waals surface area contributed by atoms with E-state index in [1.165, 1.54) is 7.11 Å². The van der Waals surface area contributed by atoms with E-state index in [-0.39, 0.29) is 6.03 Å². The fourth-order valence-electron chi connectivity index (χ4n) is 2.09. The number of carbonyl (C=O) groups is 2. The zero-order valence-corrected chi connectivity index (χ0v) is 12.6. The molecular weight excluding hydrogens is 282 g/mol. The van der Waals surface area contributed by atoms with Crippen molar-refractivity contribution in [2.24, 2.45) is 0 Å². The third-order valence-corrected chi connectivity index (χ3v) is 3.31. The van der Waals surface area contributed by atoms with Gasteiger partial charge in [-0.1, -0.05) is 6.07 Å². The smallest absolute Gasteiger partial charge is 0.338 e. The Morgan fingerprint density at radius 2 is 1.91 bits per heavy atom. The fraction of sp³-hybridized carbons (Fsp3) is 0.250. The molecule has 1 heterocycles. The van der Waals surface area contributed by atoms with Crippen LogP contribution < -0.4 is 10.6 Å². The van der Waals surface area contributed by atoms with Gasteiger partial charge in [0.05, 0.1) is 12.7 Å². The van der Waals surface area contributed by atoms with Crippen molar-refractivity contribution in [2.45, 2.75) is 13.5 Å². The molecule has 0 saturated carbocycles. The molecule has 6 heteroatoms. The Labute approximate surface area is 129 Å². The summed E-state index contributed by atoms with van der Waals surface area (Å²) in [6.45, 7) is 2.97. The number of amides is 2. The Balaban J connectivity index is 1.92. The van der Waals surface area contributed by atoms with Crippen molar-refractivity contribution in [3.05, 3.63) is 53.9 Å². The first-order chi connectivity index (χ1) is 10.6. The zero-order valence-electron chi connectivity index (χ0n) is 12.6. The number of methoxy groups -OCH3 is 1. The second kappa shape index (κ2) is 7.31. The van der Waals surface area contributed by atoms with E-state index >= 15 is 0 Å². The first-order valence-corrected chi connectivity index (χ1v) is 6.95. The molecule has 1 aromatic heterocycles. The van der Waals surface area contributed by atoms with Crippen LogP contribution in [0.5, 0.6) is 0 Å². The Kier molecular flexibility index (Phi) is 5.19. The Hall–Kier alpha value is -2.76. The van der Waals surface area contributed by atoms with Crippen molar-refractivity contribution < 1.29 is 14.3 Å². The summed E-state index contributed by atoms with van der Waals surface area (Å²) >= 11 is 0. The highest BCUT2D eigenvalue weighted by atomic mass is 16.5. The summed E-state index contributed by atoms with van der Waals surface area (Å²) in [4.78, 5) is 23.5. The number of hydrogen-bond acceptors (Lipinski definition) is 3. The number of rotatable bonds is 5. The first-order valence-electron chi connectivity index (χ1n) is 6.95. The standard InChI is InChI=1S/C16H19N3O3/c1-12-13(15(20)22-2)6-5-7-14(12)18-16(21)17-8-11-19-9-3-4-10-19/h3-7,9-10H,8,11H2,1-2H3,(H2,17,18,21). The number of hydrogen-bond donors (Lipinski definition) is 2. The molecule has 0 atom stereocenters. The van der Waals surface area contributed by atoms with Crippen LogP contribution in [-0.4, -0.2) is 30.2 Å². The van der Waals surface area contributed by atoms with Crippen LogP contribution in [0.4, 0.5) is 10.5 Å². The maximum atomic E-state index is 11.9.